The Labute approximate surface area is 116 Å². The molecule has 1 heterocycles. The van der Waals surface area contributed by atoms with Crippen molar-refractivity contribution in [2.24, 2.45) is 5.92 Å². The first-order valence-corrected chi connectivity index (χ1v) is 6.66. The van der Waals surface area contributed by atoms with E-state index in [1.54, 1.807) is 10.9 Å². The van der Waals surface area contributed by atoms with Gasteiger partial charge in [0.25, 0.3) is 5.91 Å². The van der Waals surface area contributed by atoms with Crippen LogP contribution in [0.2, 0.25) is 0 Å². The van der Waals surface area contributed by atoms with E-state index in [4.69, 9.17) is 0 Å². The lowest BCUT2D eigenvalue weighted by Gasteiger charge is -2.31. The highest BCUT2D eigenvalue weighted by Gasteiger charge is 2.27. The molecule has 0 aliphatic heterocycles. The summed E-state index contributed by atoms with van der Waals surface area (Å²) in [7, 11) is 0. The average Bonchev–Trinajstić information content (AvgIpc) is 2.93. The summed E-state index contributed by atoms with van der Waals surface area (Å²) >= 11 is 0. The molecule has 1 aromatic heterocycles. The van der Waals surface area contributed by atoms with Crippen LogP contribution < -0.4 is 5.32 Å². The molecule has 0 unspecified atom stereocenters. The topological polar surface area (TPSA) is 80.0 Å². The van der Waals surface area contributed by atoms with Gasteiger partial charge >= 0.3 is 0 Å². The molecule has 1 saturated carbocycles. The Kier molecular flexibility index (Phi) is 3.47. The van der Waals surface area contributed by atoms with Gasteiger partial charge in [0.2, 0.25) is 0 Å². The van der Waals surface area contributed by atoms with Crippen LogP contribution in [-0.4, -0.2) is 38.7 Å². The molecule has 0 radical (unpaired) electrons. The molecule has 0 spiro atoms. The molecule has 1 fully saturated rings. The van der Waals surface area contributed by atoms with E-state index >= 15 is 0 Å². The van der Waals surface area contributed by atoms with Crippen LogP contribution in [0.5, 0.6) is 0 Å². The minimum atomic E-state index is -0.228. The third-order valence-corrected chi connectivity index (χ3v) is 3.51. The van der Waals surface area contributed by atoms with Gasteiger partial charge in [-0.3, -0.25) is 4.79 Å². The standard InChI is InChI=1S/C14H16N4O2/c19-12-6-10(7-12)8-15-14(20)13-9-18(17-16-13)11-4-2-1-3-5-11/h1-5,9-10,12,19H,6-8H2,(H,15,20). The largest absolute Gasteiger partial charge is 0.393 e. The monoisotopic (exact) mass is 272 g/mol. The van der Waals surface area contributed by atoms with Crippen molar-refractivity contribution in [3.63, 3.8) is 0 Å². The number of aromatic nitrogens is 3. The lowest BCUT2D eigenvalue weighted by Crippen LogP contribution is -2.38. The Morgan fingerprint density at radius 1 is 1.35 bits per heavy atom. The molecule has 1 aliphatic carbocycles. The summed E-state index contributed by atoms with van der Waals surface area (Å²) in [6.45, 7) is 0.577. The molecule has 0 bridgehead atoms. The van der Waals surface area contributed by atoms with Crippen molar-refractivity contribution in [3.05, 3.63) is 42.2 Å². The number of nitrogens with zero attached hydrogens (tertiary/aromatic N) is 3. The summed E-state index contributed by atoms with van der Waals surface area (Å²) in [5.41, 5.74) is 1.16. The fourth-order valence-electron chi connectivity index (χ4n) is 2.27. The van der Waals surface area contributed by atoms with Crippen LogP contribution in [0.15, 0.2) is 36.5 Å². The van der Waals surface area contributed by atoms with Crippen LogP contribution in [0.3, 0.4) is 0 Å². The lowest BCUT2D eigenvalue weighted by molar-refractivity contribution is 0.0419. The van der Waals surface area contributed by atoms with Gasteiger partial charge in [-0.05, 0) is 30.9 Å². The van der Waals surface area contributed by atoms with Gasteiger partial charge in [-0.25, -0.2) is 4.68 Å². The summed E-state index contributed by atoms with van der Waals surface area (Å²) in [6, 6.07) is 9.51. The number of para-hydroxylation sites is 1. The minimum absolute atomic E-state index is 0.198. The second-order valence-corrected chi connectivity index (χ2v) is 5.09. The smallest absolute Gasteiger partial charge is 0.273 e. The highest BCUT2D eigenvalue weighted by Crippen LogP contribution is 2.26. The Bertz CT molecular complexity index is 590. The second-order valence-electron chi connectivity index (χ2n) is 5.09. The molecular formula is C14H16N4O2. The minimum Gasteiger partial charge on any atom is -0.393 e. The van der Waals surface area contributed by atoms with E-state index in [9.17, 15) is 9.90 Å². The van der Waals surface area contributed by atoms with E-state index in [2.05, 4.69) is 15.6 Å². The van der Waals surface area contributed by atoms with Crippen LogP contribution in [0.25, 0.3) is 5.69 Å². The van der Waals surface area contributed by atoms with Gasteiger partial charge in [0.05, 0.1) is 18.0 Å². The summed E-state index contributed by atoms with van der Waals surface area (Å²) in [4.78, 5) is 11.9. The molecule has 1 aliphatic rings. The second kappa shape index (κ2) is 5.42. The number of aliphatic hydroxyl groups is 1. The summed E-state index contributed by atoms with van der Waals surface area (Å²) < 4.78 is 1.57. The van der Waals surface area contributed by atoms with Crippen molar-refractivity contribution in [2.45, 2.75) is 18.9 Å². The molecule has 0 saturated heterocycles. The SMILES string of the molecule is O=C(NCC1CC(O)C1)c1cn(-c2ccccc2)nn1. The molecule has 2 N–H and O–H groups in total. The maximum Gasteiger partial charge on any atom is 0.273 e. The molecule has 1 aromatic carbocycles. The predicted octanol–water partition coefficient (Wildman–Crippen LogP) is 0.768. The molecule has 0 atom stereocenters. The number of aliphatic hydroxyl groups excluding tert-OH is 1. The molecule has 2 aromatic rings. The van der Waals surface area contributed by atoms with Gasteiger partial charge in [-0.2, -0.15) is 0 Å². The Balaban J connectivity index is 1.60. The predicted molar refractivity (Wildman–Crippen MR) is 72.4 cm³/mol. The Hall–Kier alpha value is -2.21. The number of hydrogen-bond donors (Lipinski definition) is 2. The zero-order valence-corrected chi connectivity index (χ0v) is 10.9. The van der Waals surface area contributed by atoms with Crippen molar-refractivity contribution in [1.82, 2.24) is 20.3 Å². The van der Waals surface area contributed by atoms with Crippen molar-refractivity contribution >= 4 is 5.91 Å². The van der Waals surface area contributed by atoms with E-state index in [1.807, 2.05) is 30.3 Å². The average molecular weight is 272 g/mol. The van der Waals surface area contributed by atoms with Gasteiger partial charge < -0.3 is 10.4 Å². The number of rotatable bonds is 4. The molecule has 1 amide bonds. The third-order valence-electron chi connectivity index (χ3n) is 3.51. The fourth-order valence-corrected chi connectivity index (χ4v) is 2.27. The van der Waals surface area contributed by atoms with Gasteiger partial charge in [0.15, 0.2) is 5.69 Å². The van der Waals surface area contributed by atoms with Gasteiger partial charge in [0, 0.05) is 6.54 Å². The van der Waals surface area contributed by atoms with Crippen LogP contribution in [-0.2, 0) is 0 Å². The third kappa shape index (κ3) is 2.70. The van der Waals surface area contributed by atoms with Crippen molar-refractivity contribution in [1.29, 1.82) is 0 Å². The quantitative estimate of drug-likeness (QED) is 0.861. The van der Waals surface area contributed by atoms with E-state index in [-0.39, 0.29) is 12.0 Å². The highest BCUT2D eigenvalue weighted by molar-refractivity contribution is 5.91. The normalized spacial score (nSPS) is 21.2. The van der Waals surface area contributed by atoms with Crippen LogP contribution in [0, 0.1) is 5.92 Å². The first-order valence-electron chi connectivity index (χ1n) is 6.66. The number of carbonyl (C=O) groups excluding carboxylic acids is 1. The van der Waals surface area contributed by atoms with Crippen LogP contribution >= 0.6 is 0 Å². The maximum absolute atomic E-state index is 11.9. The molecular weight excluding hydrogens is 256 g/mol. The summed E-state index contributed by atoms with van der Waals surface area (Å²) in [5.74, 6) is 0.145. The highest BCUT2D eigenvalue weighted by atomic mass is 16.3. The van der Waals surface area contributed by atoms with Gasteiger partial charge in [0.1, 0.15) is 0 Å². The van der Waals surface area contributed by atoms with Crippen molar-refractivity contribution in [2.75, 3.05) is 6.54 Å². The lowest BCUT2D eigenvalue weighted by atomic mass is 9.82. The van der Waals surface area contributed by atoms with Crippen molar-refractivity contribution < 1.29 is 9.90 Å². The Morgan fingerprint density at radius 2 is 2.10 bits per heavy atom. The number of carbonyl (C=O) groups is 1. The van der Waals surface area contributed by atoms with Gasteiger partial charge in [-0.1, -0.05) is 23.4 Å². The first-order chi connectivity index (χ1) is 9.72. The summed E-state index contributed by atoms with van der Waals surface area (Å²) in [5, 5.41) is 19.8. The maximum atomic E-state index is 11.9. The first kappa shape index (κ1) is 12.8. The number of nitrogens with one attached hydrogen (secondary N) is 1. The van der Waals surface area contributed by atoms with Crippen LogP contribution in [0.4, 0.5) is 0 Å². The van der Waals surface area contributed by atoms with Crippen LogP contribution in [0.1, 0.15) is 23.3 Å². The van der Waals surface area contributed by atoms with E-state index in [0.29, 0.717) is 18.2 Å². The molecule has 104 valence electrons. The fraction of sp³-hybridized carbons (Fsp3) is 0.357. The zero-order valence-electron chi connectivity index (χ0n) is 10.9. The molecule has 3 rings (SSSR count). The van der Waals surface area contributed by atoms with Crippen molar-refractivity contribution in [3.8, 4) is 5.69 Å². The molecule has 6 nitrogen and oxygen atoms in total. The van der Waals surface area contributed by atoms with E-state index in [0.717, 1.165) is 18.5 Å². The van der Waals surface area contributed by atoms with E-state index < -0.39 is 0 Å². The van der Waals surface area contributed by atoms with Gasteiger partial charge in [-0.15, -0.1) is 5.10 Å². The number of benzene rings is 1. The molecule has 6 heteroatoms. The Morgan fingerprint density at radius 3 is 2.80 bits per heavy atom. The van der Waals surface area contributed by atoms with E-state index in [1.165, 1.54) is 0 Å². The zero-order chi connectivity index (χ0) is 13.9. The summed E-state index contributed by atoms with van der Waals surface area (Å²) in [6.07, 6.45) is 2.93. The molecule has 20 heavy (non-hydrogen) atoms. The number of hydrogen-bond acceptors (Lipinski definition) is 4. The number of amides is 1.